The molecule has 0 unspecified atom stereocenters. The van der Waals surface area contributed by atoms with Crippen molar-refractivity contribution < 1.29 is 9.84 Å². The van der Waals surface area contributed by atoms with E-state index in [2.05, 4.69) is 48.5 Å². The molecule has 5 rings (SSSR count). The van der Waals surface area contributed by atoms with Crippen LogP contribution in [0.5, 0.6) is 0 Å². The molecule has 0 heterocycles. The Morgan fingerprint density at radius 3 is 2.00 bits per heavy atom. The van der Waals surface area contributed by atoms with Crippen LogP contribution in [0.3, 0.4) is 0 Å². The maximum Gasteiger partial charge on any atom is 0.123 e. The molecule has 20 heavy (non-hydrogen) atoms. The Bertz CT molecular complexity index is 653. The average molecular weight is 264 g/mol. The summed E-state index contributed by atoms with van der Waals surface area (Å²) in [6.07, 6.45) is 0. The molecule has 2 atom stereocenters. The van der Waals surface area contributed by atoms with Gasteiger partial charge in [0.1, 0.15) is 5.60 Å². The molecule has 0 spiro atoms. The molecule has 0 bridgehead atoms. The minimum absolute atomic E-state index is 0.0775. The van der Waals surface area contributed by atoms with Crippen LogP contribution in [-0.4, -0.2) is 18.3 Å². The number of fused-ring (bicyclic) bond motifs is 7. The van der Waals surface area contributed by atoms with Gasteiger partial charge in [0.25, 0.3) is 0 Å². The fourth-order valence-corrected chi connectivity index (χ4v) is 4.80. The topological polar surface area (TPSA) is 29.5 Å². The molecule has 0 amide bonds. The quantitative estimate of drug-likeness (QED) is 0.923. The van der Waals surface area contributed by atoms with Crippen LogP contribution < -0.4 is 0 Å². The molecule has 3 aliphatic rings. The van der Waals surface area contributed by atoms with Crippen molar-refractivity contribution in [3.05, 3.63) is 70.8 Å². The van der Waals surface area contributed by atoms with Crippen LogP contribution in [0.2, 0.25) is 0 Å². The number of hydrogen-bond acceptors (Lipinski definition) is 2. The van der Waals surface area contributed by atoms with Gasteiger partial charge in [0, 0.05) is 5.92 Å². The van der Waals surface area contributed by atoms with Gasteiger partial charge in [0.15, 0.2) is 0 Å². The van der Waals surface area contributed by atoms with E-state index in [1.807, 2.05) is 0 Å². The molecule has 3 aliphatic carbocycles. The fourth-order valence-electron chi connectivity index (χ4n) is 4.80. The molecule has 0 aliphatic heterocycles. The van der Waals surface area contributed by atoms with Gasteiger partial charge in [-0.05, 0) is 34.1 Å². The van der Waals surface area contributed by atoms with Crippen molar-refractivity contribution in [1.82, 2.24) is 0 Å². The molecule has 2 heteroatoms. The normalized spacial score (nSPS) is 34.5. The predicted molar refractivity (Wildman–Crippen MR) is 75.7 cm³/mol. The molecule has 1 N–H and O–H groups in total. The summed E-state index contributed by atoms with van der Waals surface area (Å²) >= 11 is 0. The van der Waals surface area contributed by atoms with E-state index in [1.54, 1.807) is 0 Å². The van der Waals surface area contributed by atoms with Crippen LogP contribution in [0, 0.1) is 5.92 Å². The molecule has 2 aromatic carbocycles. The number of aliphatic hydroxyl groups excluding tert-OH is 1. The molecule has 2 nitrogen and oxygen atoms in total. The second-order valence-corrected chi connectivity index (χ2v) is 6.06. The molecule has 0 aromatic heterocycles. The third-order valence-corrected chi connectivity index (χ3v) is 5.35. The Labute approximate surface area is 118 Å². The zero-order valence-corrected chi connectivity index (χ0v) is 11.1. The first kappa shape index (κ1) is 11.1. The first-order valence-electron chi connectivity index (χ1n) is 7.33. The Balaban J connectivity index is 1.79. The molecule has 100 valence electrons. The van der Waals surface area contributed by atoms with Gasteiger partial charge in [0.05, 0.1) is 13.2 Å². The van der Waals surface area contributed by atoms with Gasteiger partial charge in [-0.15, -0.1) is 0 Å². The second kappa shape index (κ2) is 3.51. The largest absolute Gasteiger partial charge is 0.394 e. The smallest absolute Gasteiger partial charge is 0.123 e. The van der Waals surface area contributed by atoms with E-state index in [4.69, 9.17) is 4.74 Å². The Hall–Kier alpha value is -1.64. The lowest BCUT2D eigenvalue weighted by atomic mass is 9.87. The third kappa shape index (κ3) is 1.03. The van der Waals surface area contributed by atoms with Gasteiger partial charge >= 0.3 is 0 Å². The highest BCUT2D eigenvalue weighted by atomic mass is 16.5. The van der Waals surface area contributed by atoms with Crippen LogP contribution in [0.1, 0.15) is 34.1 Å². The lowest BCUT2D eigenvalue weighted by molar-refractivity contribution is -0.0415. The number of ether oxygens (including phenoxy) is 1. The van der Waals surface area contributed by atoms with Crippen molar-refractivity contribution >= 4 is 0 Å². The highest BCUT2D eigenvalue weighted by molar-refractivity contribution is 5.66. The standard InChI is InChI=1S/C18H16O2/c19-9-10-20-18-13-7-3-1-5-11(13)15-16(17(15)18)12-6-2-4-8-14(12)18/h1-8,15-17,19H,9-10H2/t15-,16-,17?,18?/m0/s1. The van der Waals surface area contributed by atoms with Gasteiger partial charge in [-0.3, -0.25) is 0 Å². The predicted octanol–water partition coefficient (Wildman–Crippen LogP) is 2.76. The summed E-state index contributed by atoms with van der Waals surface area (Å²) in [7, 11) is 0. The lowest BCUT2D eigenvalue weighted by Crippen LogP contribution is -2.31. The SMILES string of the molecule is OCCOC12c3ccccc3[C@@H]3C1[C@H]3c1ccccc12. The molecular weight excluding hydrogens is 248 g/mol. The van der Waals surface area contributed by atoms with Gasteiger partial charge in [-0.1, -0.05) is 48.5 Å². The molecule has 1 fully saturated rings. The molecule has 0 radical (unpaired) electrons. The summed E-state index contributed by atoms with van der Waals surface area (Å²) in [6, 6.07) is 17.4. The van der Waals surface area contributed by atoms with E-state index in [0.29, 0.717) is 24.4 Å². The molecule has 1 saturated carbocycles. The monoisotopic (exact) mass is 264 g/mol. The van der Waals surface area contributed by atoms with Crippen LogP contribution in [-0.2, 0) is 10.3 Å². The average Bonchev–Trinajstić information content (AvgIpc) is 3.11. The Kier molecular flexibility index (Phi) is 1.94. The van der Waals surface area contributed by atoms with Crippen molar-refractivity contribution in [3.63, 3.8) is 0 Å². The van der Waals surface area contributed by atoms with E-state index < -0.39 is 0 Å². The van der Waals surface area contributed by atoms with Gasteiger partial charge in [0.2, 0.25) is 0 Å². The van der Waals surface area contributed by atoms with Crippen molar-refractivity contribution in [1.29, 1.82) is 0 Å². The number of aliphatic hydroxyl groups is 1. The summed E-state index contributed by atoms with van der Waals surface area (Å²) < 4.78 is 6.29. The Morgan fingerprint density at radius 1 is 0.900 bits per heavy atom. The minimum Gasteiger partial charge on any atom is -0.394 e. The highest BCUT2D eigenvalue weighted by Crippen LogP contribution is 2.80. The summed E-state index contributed by atoms with van der Waals surface area (Å²) in [4.78, 5) is 0. The number of benzene rings is 2. The van der Waals surface area contributed by atoms with Crippen molar-refractivity contribution in [3.8, 4) is 0 Å². The summed E-state index contributed by atoms with van der Waals surface area (Å²) in [6.45, 7) is 0.479. The number of hydrogen-bond donors (Lipinski definition) is 1. The fraction of sp³-hybridized carbons (Fsp3) is 0.333. The number of rotatable bonds is 3. The van der Waals surface area contributed by atoms with Gasteiger partial charge in [-0.25, -0.2) is 0 Å². The third-order valence-electron chi connectivity index (χ3n) is 5.35. The molecular formula is C18H16O2. The first-order valence-corrected chi connectivity index (χ1v) is 7.33. The van der Waals surface area contributed by atoms with E-state index in [0.717, 1.165) is 0 Å². The zero-order valence-electron chi connectivity index (χ0n) is 11.1. The zero-order chi connectivity index (χ0) is 13.3. The van der Waals surface area contributed by atoms with Crippen molar-refractivity contribution in [2.75, 3.05) is 13.2 Å². The van der Waals surface area contributed by atoms with Crippen LogP contribution >= 0.6 is 0 Å². The summed E-state index contributed by atoms with van der Waals surface area (Å²) in [5, 5.41) is 9.22. The van der Waals surface area contributed by atoms with E-state index >= 15 is 0 Å². The van der Waals surface area contributed by atoms with Gasteiger partial charge in [-0.2, -0.15) is 0 Å². The maximum atomic E-state index is 9.22. The minimum atomic E-state index is -0.300. The van der Waals surface area contributed by atoms with Gasteiger partial charge < -0.3 is 9.84 Å². The summed E-state index contributed by atoms with van der Waals surface area (Å²) in [5.74, 6) is 1.79. The van der Waals surface area contributed by atoms with Crippen LogP contribution in [0.15, 0.2) is 48.5 Å². The second-order valence-electron chi connectivity index (χ2n) is 6.06. The van der Waals surface area contributed by atoms with E-state index in [9.17, 15) is 5.11 Å². The lowest BCUT2D eigenvalue weighted by Gasteiger charge is -2.31. The van der Waals surface area contributed by atoms with E-state index in [-0.39, 0.29) is 12.2 Å². The van der Waals surface area contributed by atoms with Crippen LogP contribution in [0.25, 0.3) is 0 Å². The first-order chi connectivity index (χ1) is 9.89. The van der Waals surface area contributed by atoms with Crippen LogP contribution in [0.4, 0.5) is 0 Å². The van der Waals surface area contributed by atoms with Crippen molar-refractivity contribution in [2.24, 2.45) is 5.92 Å². The summed E-state index contributed by atoms with van der Waals surface area (Å²) in [5.41, 5.74) is 5.26. The molecule has 0 saturated heterocycles. The Morgan fingerprint density at radius 2 is 1.45 bits per heavy atom. The highest BCUT2D eigenvalue weighted by Gasteiger charge is 2.74. The molecule has 2 aromatic rings. The van der Waals surface area contributed by atoms with E-state index in [1.165, 1.54) is 22.3 Å². The van der Waals surface area contributed by atoms with Crippen molar-refractivity contribution in [2.45, 2.75) is 17.4 Å². The maximum absolute atomic E-state index is 9.22.